The van der Waals surface area contributed by atoms with E-state index in [0.29, 0.717) is 34.7 Å². The summed E-state index contributed by atoms with van der Waals surface area (Å²) in [6.07, 6.45) is 1.43. The minimum atomic E-state index is -0.538. The zero-order chi connectivity index (χ0) is 18.3. The molecule has 0 saturated carbocycles. The maximum absolute atomic E-state index is 12.3. The van der Waals surface area contributed by atoms with Crippen LogP contribution in [0.3, 0.4) is 0 Å². The van der Waals surface area contributed by atoms with Gasteiger partial charge in [0.1, 0.15) is 11.4 Å². The number of nitrogens with zero attached hydrogens (tertiary/aromatic N) is 2. The van der Waals surface area contributed by atoms with E-state index in [-0.39, 0.29) is 11.0 Å². The smallest absolute Gasteiger partial charge is 0.263 e. The third kappa shape index (κ3) is 2.76. The molecule has 0 unspecified atom stereocenters. The molecule has 0 aliphatic carbocycles. The summed E-state index contributed by atoms with van der Waals surface area (Å²) in [6.45, 7) is 0.201. The van der Waals surface area contributed by atoms with E-state index in [4.69, 9.17) is 0 Å². The number of carbonyl (C=O) groups is 4. The molecule has 4 rings (SSSR count). The lowest BCUT2D eigenvalue weighted by atomic mass is 10.1. The number of rotatable bonds is 3. The number of thiazole rings is 1. The summed E-state index contributed by atoms with van der Waals surface area (Å²) in [5.74, 6) is -1.72. The Morgan fingerprint density at radius 2 is 1.88 bits per heavy atom. The van der Waals surface area contributed by atoms with Gasteiger partial charge < -0.3 is 10.6 Å². The summed E-state index contributed by atoms with van der Waals surface area (Å²) in [5.41, 5.74) is 1.24. The number of aryl methyl sites for hydroxylation is 1. The second-order valence-electron chi connectivity index (χ2n) is 5.94. The van der Waals surface area contributed by atoms with Crippen molar-refractivity contribution in [2.45, 2.75) is 12.8 Å². The van der Waals surface area contributed by atoms with Crippen molar-refractivity contribution in [3.8, 4) is 0 Å². The molecule has 2 aliphatic heterocycles. The fourth-order valence-electron chi connectivity index (χ4n) is 2.98. The summed E-state index contributed by atoms with van der Waals surface area (Å²) in [4.78, 5) is 54.5. The average Bonchev–Trinajstić information content (AvgIpc) is 3.07. The molecule has 132 valence electrons. The van der Waals surface area contributed by atoms with E-state index in [1.165, 1.54) is 0 Å². The number of benzene rings is 1. The van der Waals surface area contributed by atoms with Crippen molar-refractivity contribution in [3.05, 3.63) is 46.0 Å². The van der Waals surface area contributed by atoms with Crippen LogP contribution in [0.5, 0.6) is 0 Å². The zero-order valence-corrected chi connectivity index (χ0v) is 14.4. The molecule has 2 N–H and O–H groups in total. The first kappa shape index (κ1) is 16.4. The Morgan fingerprint density at radius 3 is 2.58 bits per heavy atom. The van der Waals surface area contributed by atoms with E-state index in [9.17, 15) is 19.2 Å². The van der Waals surface area contributed by atoms with Crippen molar-refractivity contribution in [1.29, 1.82) is 0 Å². The lowest BCUT2D eigenvalue weighted by molar-refractivity contribution is -0.116. The van der Waals surface area contributed by atoms with E-state index < -0.39 is 24.3 Å². The molecular weight excluding hydrogens is 356 g/mol. The van der Waals surface area contributed by atoms with E-state index >= 15 is 0 Å². The SMILES string of the molecule is O=C(CN1C(=O)c2ccccc2C1=O)Nc1nc2c(s1)C(=O)NCCC2. The Morgan fingerprint density at radius 1 is 1.19 bits per heavy atom. The normalized spacial score (nSPS) is 16.0. The first-order chi connectivity index (χ1) is 12.5. The van der Waals surface area contributed by atoms with E-state index in [1.54, 1.807) is 24.3 Å². The summed E-state index contributed by atoms with van der Waals surface area (Å²) in [6, 6.07) is 6.45. The molecule has 0 bridgehead atoms. The number of hydrogen-bond acceptors (Lipinski definition) is 6. The highest BCUT2D eigenvalue weighted by molar-refractivity contribution is 7.17. The molecule has 0 atom stereocenters. The van der Waals surface area contributed by atoms with Crippen molar-refractivity contribution >= 4 is 40.1 Å². The van der Waals surface area contributed by atoms with Gasteiger partial charge in [-0.05, 0) is 25.0 Å². The van der Waals surface area contributed by atoms with Gasteiger partial charge in [0.05, 0.1) is 16.8 Å². The number of imide groups is 1. The zero-order valence-electron chi connectivity index (χ0n) is 13.6. The highest BCUT2D eigenvalue weighted by atomic mass is 32.1. The number of fused-ring (bicyclic) bond motifs is 2. The van der Waals surface area contributed by atoms with Gasteiger partial charge >= 0.3 is 0 Å². The first-order valence-corrected chi connectivity index (χ1v) is 8.89. The molecule has 9 heteroatoms. The number of anilines is 1. The van der Waals surface area contributed by atoms with Crippen molar-refractivity contribution in [1.82, 2.24) is 15.2 Å². The standard InChI is InChI=1S/C17H14N4O4S/c22-12(8-21-15(24)9-4-1-2-5-10(9)16(21)25)20-17-19-11-6-3-7-18-14(23)13(11)26-17/h1-2,4-5H,3,6-8H2,(H,18,23)(H,19,20,22). The van der Waals surface area contributed by atoms with Crippen LogP contribution in [0.1, 0.15) is 42.5 Å². The van der Waals surface area contributed by atoms with Crippen molar-refractivity contribution in [2.24, 2.45) is 0 Å². The molecule has 26 heavy (non-hydrogen) atoms. The van der Waals surface area contributed by atoms with Gasteiger partial charge in [-0.15, -0.1) is 0 Å². The molecule has 0 spiro atoms. The molecule has 1 aromatic carbocycles. The van der Waals surface area contributed by atoms with Gasteiger partial charge in [0.15, 0.2) is 5.13 Å². The second kappa shape index (κ2) is 6.34. The molecular formula is C17H14N4O4S. The predicted octanol–water partition coefficient (Wildman–Crippen LogP) is 1.05. The van der Waals surface area contributed by atoms with Gasteiger partial charge in [0.2, 0.25) is 5.91 Å². The fraction of sp³-hybridized carbons (Fsp3) is 0.235. The van der Waals surface area contributed by atoms with Gasteiger partial charge in [-0.2, -0.15) is 0 Å². The Hall–Kier alpha value is -3.07. The quantitative estimate of drug-likeness (QED) is 0.785. The molecule has 4 amide bonds. The summed E-state index contributed by atoms with van der Waals surface area (Å²) in [7, 11) is 0. The molecule has 8 nitrogen and oxygen atoms in total. The van der Waals surface area contributed by atoms with Crippen molar-refractivity contribution in [2.75, 3.05) is 18.4 Å². The topological polar surface area (TPSA) is 108 Å². The fourth-order valence-corrected chi connectivity index (χ4v) is 3.92. The molecule has 0 radical (unpaired) electrons. The maximum Gasteiger partial charge on any atom is 0.263 e. The van der Waals surface area contributed by atoms with Crippen LogP contribution in [0.15, 0.2) is 24.3 Å². The minimum Gasteiger partial charge on any atom is -0.351 e. The molecule has 2 aromatic rings. The highest BCUT2D eigenvalue weighted by Crippen LogP contribution is 2.26. The van der Waals surface area contributed by atoms with Crippen molar-refractivity contribution in [3.63, 3.8) is 0 Å². The molecule has 2 aliphatic rings. The second-order valence-corrected chi connectivity index (χ2v) is 6.94. The number of carbonyl (C=O) groups excluding carboxylic acids is 4. The Balaban J connectivity index is 1.47. The monoisotopic (exact) mass is 370 g/mol. The summed E-state index contributed by atoms with van der Waals surface area (Å²) < 4.78 is 0. The van der Waals surface area contributed by atoms with Crippen LogP contribution in [-0.2, 0) is 11.2 Å². The predicted molar refractivity (Wildman–Crippen MR) is 93.2 cm³/mol. The Kier molecular flexibility index (Phi) is 4.00. The Bertz CT molecular complexity index is 917. The molecule has 0 saturated heterocycles. The Labute approximate surface area is 152 Å². The number of nitrogens with one attached hydrogen (secondary N) is 2. The first-order valence-electron chi connectivity index (χ1n) is 8.07. The summed E-state index contributed by atoms with van der Waals surface area (Å²) in [5, 5.41) is 5.63. The number of amides is 4. The maximum atomic E-state index is 12.3. The number of aromatic nitrogens is 1. The minimum absolute atomic E-state index is 0.198. The lowest BCUT2D eigenvalue weighted by Gasteiger charge is -2.12. The van der Waals surface area contributed by atoms with Crippen LogP contribution in [-0.4, -0.2) is 46.6 Å². The largest absolute Gasteiger partial charge is 0.351 e. The van der Waals surface area contributed by atoms with E-state index in [2.05, 4.69) is 15.6 Å². The molecule has 1 aromatic heterocycles. The van der Waals surface area contributed by atoms with E-state index in [1.807, 2.05) is 0 Å². The van der Waals surface area contributed by atoms with Crippen LogP contribution < -0.4 is 10.6 Å². The third-order valence-corrected chi connectivity index (χ3v) is 5.22. The van der Waals surface area contributed by atoms with Gasteiger partial charge in [-0.1, -0.05) is 23.5 Å². The molecule has 3 heterocycles. The third-order valence-electron chi connectivity index (χ3n) is 4.21. The average molecular weight is 370 g/mol. The van der Waals surface area contributed by atoms with Crippen LogP contribution in [0, 0.1) is 0 Å². The van der Waals surface area contributed by atoms with Crippen molar-refractivity contribution < 1.29 is 19.2 Å². The highest BCUT2D eigenvalue weighted by Gasteiger charge is 2.36. The van der Waals surface area contributed by atoms with E-state index in [0.717, 1.165) is 22.7 Å². The molecule has 0 fully saturated rings. The van der Waals surface area contributed by atoms with Crippen LogP contribution in [0.2, 0.25) is 0 Å². The van der Waals surface area contributed by atoms with Crippen LogP contribution >= 0.6 is 11.3 Å². The number of hydrogen-bond donors (Lipinski definition) is 2. The lowest BCUT2D eigenvalue weighted by Crippen LogP contribution is -2.37. The van der Waals surface area contributed by atoms with Crippen LogP contribution in [0.4, 0.5) is 5.13 Å². The van der Waals surface area contributed by atoms with Gasteiger partial charge in [-0.3, -0.25) is 24.1 Å². The van der Waals surface area contributed by atoms with Crippen LogP contribution in [0.25, 0.3) is 0 Å². The van der Waals surface area contributed by atoms with Gasteiger partial charge in [0.25, 0.3) is 17.7 Å². The summed E-state index contributed by atoms with van der Waals surface area (Å²) >= 11 is 1.09. The van der Waals surface area contributed by atoms with Gasteiger partial charge in [-0.25, -0.2) is 4.98 Å². The van der Waals surface area contributed by atoms with Gasteiger partial charge in [0, 0.05) is 6.54 Å².